The summed E-state index contributed by atoms with van der Waals surface area (Å²) in [5.74, 6) is 1.77. The number of hydrogen-bond acceptors (Lipinski definition) is 3. The minimum atomic E-state index is 0.282. The summed E-state index contributed by atoms with van der Waals surface area (Å²) in [5.41, 5.74) is 1.24. The van der Waals surface area contributed by atoms with Gasteiger partial charge in [0.2, 0.25) is 0 Å². The zero-order valence-electron chi connectivity index (χ0n) is 12.3. The molecule has 0 saturated carbocycles. The maximum absolute atomic E-state index is 5.68. The molecule has 2 aromatic carbocycles. The number of hydrogen-bond donors (Lipinski definition) is 1. The molecular formula is C17H20BrNO2. The van der Waals surface area contributed by atoms with Crippen molar-refractivity contribution in [2.45, 2.75) is 13.0 Å². The van der Waals surface area contributed by atoms with Gasteiger partial charge in [0.15, 0.2) is 0 Å². The van der Waals surface area contributed by atoms with Crippen molar-refractivity contribution in [2.24, 2.45) is 0 Å². The van der Waals surface area contributed by atoms with Gasteiger partial charge in [-0.25, -0.2) is 0 Å². The van der Waals surface area contributed by atoms with E-state index in [1.165, 1.54) is 5.56 Å². The van der Waals surface area contributed by atoms with Crippen LogP contribution in [0, 0.1) is 0 Å². The van der Waals surface area contributed by atoms with E-state index in [1.54, 1.807) is 7.11 Å². The fraction of sp³-hybridized carbons (Fsp3) is 0.294. The lowest BCUT2D eigenvalue weighted by Gasteiger charge is -2.15. The van der Waals surface area contributed by atoms with Crippen LogP contribution in [0.15, 0.2) is 53.0 Å². The second kappa shape index (κ2) is 8.05. The Kier molecular flexibility index (Phi) is 6.08. The Hall–Kier alpha value is -1.52. The first-order chi connectivity index (χ1) is 10.2. The molecule has 0 unspecified atom stereocenters. The summed E-state index contributed by atoms with van der Waals surface area (Å²) in [7, 11) is 1.68. The Morgan fingerprint density at radius 1 is 1.00 bits per heavy atom. The molecule has 0 heterocycles. The van der Waals surface area contributed by atoms with Crippen molar-refractivity contribution in [2.75, 3.05) is 20.3 Å². The molecule has 1 N–H and O–H groups in total. The molecule has 2 aromatic rings. The highest BCUT2D eigenvalue weighted by Crippen LogP contribution is 2.17. The number of rotatable bonds is 7. The predicted molar refractivity (Wildman–Crippen MR) is 89.0 cm³/mol. The third-order valence-corrected chi connectivity index (χ3v) is 3.78. The van der Waals surface area contributed by atoms with Crippen LogP contribution in [0.1, 0.15) is 18.5 Å². The first-order valence-corrected chi connectivity index (χ1v) is 7.74. The molecule has 0 bridgehead atoms. The van der Waals surface area contributed by atoms with E-state index >= 15 is 0 Å². The molecule has 0 aromatic heterocycles. The summed E-state index contributed by atoms with van der Waals surface area (Å²) in [6.45, 7) is 3.58. The van der Waals surface area contributed by atoms with Crippen molar-refractivity contribution < 1.29 is 9.47 Å². The molecule has 21 heavy (non-hydrogen) atoms. The van der Waals surface area contributed by atoms with Crippen molar-refractivity contribution in [3.63, 3.8) is 0 Å². The Morgan fingerprint density at radius 3 is 2.24 bits per heavy atom. The van der Waals surface area contributed by atoms with Gasteiger partial charge in [-0.1, -0.05) is 28.1 Å². The molecule has 0 spiro atoms. The van der Waals surface area contributed by atoms with Crippen LogP contribution >= 0.6 is 15.9 Å². The van der Waals surface area contributed by atoms with E-state index in [1.807, 2.05) is 36.4 Å². The molecular weight excluding hydrogens is 330 g/mol. The molecule has 4 heteroatoms. The molecule has 0 aliphatic carbocycles. The summed E-state index contributed by atoms with van der Waals surface area (Å²) in [6.07, 6.45) is 0. The average Bonchev–Trinajstić information content (AvgIpc) is 2.53. The van der Waals surface area contributed by atoms with E-state index in [2.05, 4.69) is 40.3 Å². The molecule has 1 atom stereocenters. The number of benzene rings is 2. The Bertz CT molecular complexity index is 540. The van der Waals surface area contributed by atoms with Crippen LogP contribution in [0.25, 0.3) is 0 Å². The number of nitrogens with one attached hydrogen (secondary N) is 1. The zero-order valence-corrected chi connectivity index (χ0v) is 13.9. The van der Waals surface area contributed by atoms with Gasteiger partial charge in [-0.05, 0) is 48.9 Å². The number of ether oxygens (including phenoxy) is 2. The van der Waals surface area contributed by atoms with Gasteiger partial charge >= 0.3 is 0 Å². The van der Waals surface area contributed by atoms with Crippen molar-refractivity contribution in [1.82, 2.24) is 5.32 Å². The maximum atomic E-state index is 5.68. The molecule has 0 aliphatic heterocycles. The van der Waals surface area contributed by atoms with Crippen molar-refractivity contribution >= 4 is 15.9 Å². The quantitative estimate of drug-likeness (QED) is 0.760. The van der Waals surface area contributed by atoms with E-state index in [0.29, 0.717) is 6.61 Å². The highest BCUT2D eigenvalue weighted by molar-refractivity contribution is 9.10. The van der Waals surface area contributed by atoms with Gasteiger partial charge in [-0.3, -0.25) is 0 Å². The highest BCUT2D eigenvalue weighted by Gasteiger charge is 2.04. The standard InChI is InChI=1S/C17H20BrNO2/c1-13(14-3-7-16(20-2)8-4-14)19-11-12-21-17-9-5-15(18)6-10-17/h3-10,13,19H,11-12H2,1-2H3/t13-/m0/s1. The van der Waals surface area contributed by atoms with Gasteiger partial charge in [-0.2, -0.15) is 0 Å². The molecule has 112 valence electrons. The minimum Gasteiger partial charge on any atom is -0.497 e. The fourth-order valence-corrected chi connectivity index (χ4v) is 2.25. The van der Waals surface area contributed by atoms with Crippen LogP contribution in [0.3, 0.4) is 0 Å². The fourth-order valence-electron chi connectivity index (χ4n) is 1.99. The molecule has 0 radical (unpaired) electrons. The van der Waals surface area contributed by atoms with Gasteiger partial charge in [-0.15, -0.1) is 0 Å². The van der Waals surface area contributed by atoms with E-state index in [4.69, 9.17) is 9.47 Å². The first kappa shape index (κ1) is 15.9. The Labute approximate surface area is 134 Å². The molecule has 0 amide bonds. The van der Waals surface area contributed by atoms with Crippen LogP contribution < -0.4 is 14.8 Å². The molecule has 2 rings (SSSR count). The van der Waals surface area contributed by atoms with Gasteiger partial charge in [0.25, 0.3) is 0 Å². The second-order valence-corrected chi connectivity index (χ2v) is 5.67. The summed E-state index contributed by atoms with van der Waals surface area (Å²) in [6, 6.07) is 16.2. The molecule has 0 saturated heterocycles. The van der Waals surface area contributed by atoms with Gasteiger partial charge in [0, 0.05) is 17.1 Å². The topological polar surface area (TPSA) is 30.5 Å². The normalized spacial score (nSPS) is 12.0. The third kappa shape index (κ3) is 5.06. The van der Waals surface area contributed by atoms with E-state index in [0.717, 1.165) is 22.5 Å². The number of methoxy groups -OCH3 is 1. The predicted octanol–water partition coefficient (Wildman–Crippen LogP) is 4.19. The van der Waals surface area contributed by atoms with Crippen LogP contribution in [0.2, 0.25) is 0 Å². The summed E-state index contributed by atoms with van der Waals surface area (Å²) >= 11 is 3.41. The molecule has 0 aliphatic rings. The van der Waals surface area contributed by atoms with Crippen molar-refractivity contribution in [3.8, 4) is 11.5 Å². The first-order valence-electron chi connectivity index (χ1n) is 6.95. The van der Waals surface area contributed by atoms with Crippen molar-refractivity contribution in [1.29, 1.82) is 0 Å². The lowest BCUT2D eigenvalue weighted by Crippen LogP contribution is -2.24. The SMILES string of the molecule is COc1ccc([C@H](C)NCCOc2ccc(Br)cc2)cc1. The van der Waals surface area contributed by atoms with E-state index < -0.39 is 0 Å². The van der Waals surface area contributed by atoms with Gasteiger partial charge in [0.1, 0.15) is 18.1 Å². The van der Waals surface area contributed by atoms with E-state index in [9.17, 15) is 0 Å². The van der Waals surface area contributed by atoms with Crippen LogP contribution in [-0.4, -0.2) is 20.3 Å². The van der Waals surface area contributed by atoms with Gasteiger partial charge < -0.3 is 14.8 Å². The summed E-state index contributed by atoms with van der Waals surface area (Å²) < 4.78 is 11.9. The summed E-state index contributed by atoms with van der Waals surface area (Å²) in [4.78, 5) is 0. The second-order valence-electron chi connectivity index (χ2n) is 4.75. The smallest absolute Gasteiger partial charge is 0.119 e. The van der Waals surface area contributed by atoms with Crippen LogP contribution in [-0.2, 0) is 0 Å². The van der Waals surface area contributed by atoms with Gasteiger partial charge in [0.05, 0.1) is 7.11 Å². The largest absolute Gasteiger partial charge is 0.497 e. The van der Waals surface area contributed by atoms with Crippen LogP contribution in [0.5, 0.6) is 11.5 Å². The lowest BCUT2D eigenvalue weighted by molar-refractivity contribution is 0.307. The van der Waals surface area contributed by atoms with Crippen LogP contribution in [0.4, 0.5) is 0 Å². The average molecular weight is 350 g/mol. The number of halogens is 1. The summed E-state index contributed by atoms with van der Waals surface area (Å²) in [5, 5.41) is 3.44. The third-order valence-electron chi connectivity index (χ3n) is 3.25. The lowest BCUT2D eigenvalue weighted by atomic mass is 10.1. The monoisotopic (exact) mass is 349 g/mol. The maximum Gasteiger partial charge on any atom is 0.119 e. The highest BCUT2D eigenvalue weighted by atomic mass is 79.9. The zero-order chi connectivity index (χ0) is 15.1. The molecule has 3 nitrogen and oxygen atoms in total. The minimum absolute atomic E-state index is 0.282. The molecule has 0 fully saturated rings. The van der Waals surface area contributed by atoms with Crippen molar-refractivity contribution in [3.05, 3.63) is 58.6 Å². The Balaban J connectivity index is 1.73. The van der Waals surface area contributed by atoms with E-state index in [-0.39, 0.29) is 6.04 Å². The Morgan fingerprint density at radius 2 is 1.62 bits per heavy atom.